The van der Waals surface area contributed by atoms with Crippen molar-refractivity contribution in [2.45, 2.75) is 39.9 Å². The van der Waals surface area contributed by atoms with Gasteiger partial charge < -0.3 is 24.5 Å². The molecule has 0 unspecified atom stereocenters. The second-order valence-corrected chi connectivity index (χ2v) is 9.98. The van der Waals surface area contributed by atoms with Gasteiger partial charge in [-0.05, 0) is 67.0 Å². The van der Waals surface area contributed by atoms with E-state index < -0.39 is 0 Å². The lowest BCUT2D eigenvalue weighted by molar-refractivity contribution is 0.415. The molecule has 0 atom stereocenters. The van der Waals surface area contributed by atoms with Crippen LogP contribution in [0.25, 0.3) is 0 Å². The first-order chi connectivity index (χ1) is 17.3. The van der Waals surface area contributed by atoms with Crippen LogP contribution in [0.15, 0.2) is 65.9 Å². The van der Waals surface area contributed by atoms with Gasteiger partial charge in [0.15, 0.2) is 0 Å². The summed E-state index contributed by atoms with van der Waals surface area (Å²) in [4.78, 5) is 18.8. The molecule has 0 aliphatic carbocycles. The number of aromatic amines is 2. The van der Waals surface area contributed by atoms with Crippen LogP contribution in [0, 0.1) is 0 Å². The molecule has 2 aromatic carbocycles. The maximum Gasteiger partial charge on any atom is 0.139 e. The molecule has 4 aromatic rings. The van der Waals surface area contributed by atoms with Crippen molar-refractivity contribution in [2.24, 2.45) is 0 Å². The Morgan fingerprint density at radius 3 is 2.08 bits per heavy atom. The highest BCUT2D eigenvalue weighted by atomic mass is 79.9. The average Bonchev–Trinajstić information content (AvgIpc) is 3.58. The smallest absolute Gasteiger partial charge is 0.139 e. The second-order valence-electron chi connectivity index (χ2n) is 8.31. The first-order valence-corrected chi connectivity index (χ1v) is 13.1. The Morgan fingerprint density at radius 2 is 1.56 bits per heavy atom. The minimum Gasteiger partial charge on any atom is -0.495 e. The minimum atomic E-state index is 0.380. The summed E-state index contributed by atoms with van der Waals surface area (Å²) in [5, 5.41) is 1.35. The second kappa shape index (κ2) is 13.6. The number of hydrogen-bond donors (Lipinski definition) is 2. The highest BCUT2D eigenvalue weighted by Crippen LogP contribution is 2.30. The van der Waals surface area contributed by atoms with Crippen molar-refractivity contribution < 1.29 is 4.74 Å². The van der Waals surface area contributed by atoms with Gasteiger partial charge in [-0.3, -0.25) is 0 Å². The van der Waals surface area contributed by atoms with Crippen molar-refractivity contribution in [3.05, 3.63) is 87.4 Å². The topological polar surface area (TPSA) is 73.1 Å². The lowest BCUT2D eigenvalue weighted by atomic mass is 10.2. The number of nitrogens with zero attached hydrogens (tertiary/aromatic N) is 4. The molecule has 0 fully saturated rings. The number of methoxy groups -OCH3 is 1. The van der Waals surface area contributed by atoms with Crippen molar-refractivity contribution >= 4 is 50.5 Å². The zero-order valence-corrected chi connectivity index (χ0v) is 23.9. The monoisotopic (exact) mass is 592 g/mol. The fourth-order valence-corrected chi connectivity index (χ4v) is 4.21. The van der Waals surface area contributed by atoms with Gasteiger partial charge in [-0.2, -0.15) is 0 Å². The Bertz CT molecular complexity index is 1200. The lowest BCUT2D eigenvalue weighted by Crippen LogP contribution is -2.30. The molecule has 0 aliphatic heterocycles. The number of benzene rings is 2. The fourth-order valence-electron chi connectivity index (χ4n) is 3.60. The maximum atomic E-state index is 6.15. The molecule has 0 radical (unpaired) electrons. The Hall–Kier alpha value is -2.68. The van der Waals surface area contributed by atoms with E-state index in [1.165, 1.54) is 0 Å². The number of aromatic nitrogens is 4. The van der Waals surface area contributed by atoms with Gasteiger partial charge in [-0.15, -0.1) is 0 Å². The number of anilines is 2. The summed E-state index contributed by atoms with van der Waals surface area (Å²) < 4.78 is 6.15. The molecule has 7 nitrogen and oxygen atoms in total. The zero-order chi connectivity index (χ0) is 26.1. The SMILES string of the molecule is CC(C)N(Cc1cnc[nH]1)c1ccc(Br)c(Cl)c1.CCN(Cc1cnc[nH]1)c1ccc(Cl)c(OC)c1. The molecule has 4 rings (SSSR count). The van der Waals surface area contributed by atoms with Gasteiger partial charge in [0.25, 0.3) is 0 Å². The van der Waals surface area contributed by atoms with Crippen LogP contribution in [0.5, 0.6) is 5.75 Å². The molecule has 2 heterocycles. The molecule has 192 valence electrons. The van der Waals surface area contributed by atoms with E-state index in [-0.39, 0.29) is 0 Å². The van der Waals surface area contributed by atoms with E-state index in [1.807, 2.05) is 42.7 Å². The third-order valence-corrected chi connectivity index (χ3v) is 7.10. The first-order valence-electron chi connectivity index (χ1n) is 11.6. The summed E-state index contributed by atoms with van der Waals surface area (Å²) in [6, 6.07) is 12.2. The first kappa shape index (κ1) is 27.9. The molecule has 0 aliphatic rings. The number of rotatable bonds is 9. The Balaban J connectivity index is 0.000000201. The third kappa shape index (κ3) is 7.66. The van der Waals surface area contributed by atoms with Crippen molar-refractivity contribution in [2.75, 3.05) is 23.5 Å². The quantitative estimate of drug-likeness (QED) is 0.212. The summed E-state index contributed by atoms with van der Waals surface area (Å²) in [7, 11) is 1.62. The van der Waals surface area contributed by atoms with Crippen LogP contribution in [-0.2, 0) is 13.1 Å². The predicted molar refractivity (Wildman–Crippen MR) is 152 cm³/mol. The molecule has 2 N–H and O–H groups in total. The fraction of sp³-hybridized carbons (Fsp3) is 0.308. The maximum absolute atomic E-state index is 6.15. The average molecular weight is 594 g/mol. The standard InChI is InChI=1S/C13H15BrClN3.C13H16ClN3O/c1-9(2)18(7-10-6-16-8-17-10)11-3-4-12(14)13(15)5-11;1-3-17(8-10-7-15-9-16-10)11-4-5-12(14)13(6-11)18-2/h3-6,8-9H,7H2,1-2H3,(H,16,17);4-7,9H,3,8H2,1-2H3,(H,15,16). The zero-order valence-electron chi connectivity index (χ0n) is 20.8. The molecular weight excluding hydrogens is 563 g/mol. The van der Waals surface area contributed by atoms with Crippen molar-refractivity contribution in [3.63, 3.8) is 0 Å². The highest BCUT2D eigenvalue weighted by Gasteiger charge is 2.13. The van der Waals surface area contributed by atoms with E-state index in [4.69, 9.17) is 27.9 Å². The largest absolute Gasteiger partial charge is 0.495 e. The van der Waals surface area contributed by atoms with Gasteiger partial charge in [-0.25, -0.2) is 9.97 Å². The number of halogens is 3. The molecule has 0 spiro atoms. The van der Waals surface area contributed by atoms with Gasteiger partial charge in [0, 0.05) is 46.9 Å². The number of hydrogen-bond acceptors (Lipinski definition) is 5. The Labute approximate surface area is 230 Å². The highest BCUT2D eigenvalue weighted by molar-refractivity contribution is 9.10. The summed E-state index contributed by atoms with van der Waals surface area (Å²) in [5.74, 6) is 0.692. The number of nitrogens with one attached hydrogen (secondary N) is 2. The van der Waals surface area contributed by atoms with Crippen LogP contribution in [0.1, 0.15) is 32.2 Å². The molecule has 0 saturated heterocycles. The van der Waals surface area contributed by atoms with Crippen molar-refractivity contribution in [3.8, 4) is 5.75 Å². The number of H-pyrrole nitrogens is 2. The van der Waals surface area contributed by atoms with Crippen molar-refractivity contribution in [1.82, 2.24) is 19.9 Å². The van der Waals surface area contributed by atoms with E-state index >= 15 is 0 Å². The number of imidazole rings is 2. The predicted octanol–water partition coefficient (Wildman–Crippen LogP) is 7.34. The van der Waals surface area contributed by atoms with Crippen LogP contribution in [-0.4, -0.2) is 39.6 Å². The van der Waals surface area contributed by atoms with Gasteiger partial charge in [0.05, 0.1) is 54.3 Å². The molecule has 0 amide bonds. The van der Waals surface area contributed by atoms with E-state index in [0.29, 0.717) is 16.8 Å². The van der Waals surface area contributed by atoms with Gasteiger partial charge >= 0.3 is 0 Å². The van der Waals surface area contributed by atoms with Crippen LogP contribution in [0.4, 0.5) is 11.4 Å². The van der Waals surface area contributed by atoms with E-state index in [9.17, 15) is 0 Å². The van der Waals surface area contributed by atoms with E-state index in [1.54, 1.807) is 19.8 Å². The Kier molecular flexibility index (Phi) is 10.5. The summed E-state index contributed by atoms with van der Waals surface area (Å²) in [5.41, 5.74) is 4.34. The lowest BCUT2D eigenvalue weighted by Gasteiger charge is -2.28. The van der Waals surface area contributed by atoms with Crippen LogP contribution in [0.2, 0.25) is 10.0 Å². The number of ether oxygens (including phenoxy) is 1. The Morgan fingerprint density at radius 1 is 0.917 bits per heavy atom. The van der Waals surface area contributed by atoms with Gasteiger partial charge in [-0.1, -0.05) is 23.2 Å². The van der Waals surface area contributed by atoms with E-state index in [0.717, 1.165) is 51.9 Å². The van der Waals surface area contributed by atoms with Crippen LogP contribution < -0.4 is 14.5 Å². The van der Waals surface area contributed by atoms with E-state index in [2.05, 4.69) is 72.5 Å². The molecule has 10 heteroatoms. The van der Waals surface area contributed by atoms with Crippen molar-refractivity contribution in [1.29, 1.82) is 0 Å². The molecule has 36 heavy (non-hydrogen) atoms. The van der Waals surface area contributed by atoms with Crippen LogP contribution >= 0.6 is 39.1 Å². The molecule has 0 saturated carbocycles. The third-order valence-electron chi connectivity index (χ3n) is 5.55. The normalized spacial score (nSPS) is 10.7. The minimum absolute atomic E-state index is 0.380. The van der Waals surface area contributed by atoms with Gasteiger partial charge in [0.2, 0.25) is 0 Å². The molecular formula is C26H31BrCl2N6O. The summed E-state index contributed by atoms with van der Waals surface area (Å²) >= 11 is 15.6. The summed E-state index contributed by atoms with van der Waals surface area (Å²) in [6.07, 6.45) is 7.06. The molecule has 2 aromatic heterocycles. The molecule has 0 bridgehead atoms. The summed E-state index contributed by atoms with van der Waals surface area (Å²) in [6.45, 7) is 8.89. The van der Waals surface area contributed by atoms with Gasteiger partial charge in [0.1, 0.15) is 5.75 Å². The van der Waals surface area contributed by atoms with Crippen LogP contribution in [0.3, 0.4) is 0 Å².